The molecule has 4 atom stereocenters. The third kappa shape index (κ3) is 3.89. The Bertz CT molecular complexity index is 398. The maximum absolute atomic E-state index is 12.9. The maximum Gasteiger partial charge on any atom is 0.251 e. The minimum absolute atomic E-state index is 0.174. The average molecular weight is 324 g/mol. The second-order valence-corrected chi connectivity index (χ2v) is 7.19. The largest absolute Gasteiger partial charge is 0.376 e. The first-order chi connectivity index (χ1) is 11.2. The van der Waals surface area contributed by atoms with E-state index in [1.54, 1.807) is 0 Å². The molecule has 0 aromatic rings. The topological polar surface area (TPSA) is 42.0 Å². The molecule has 3 heterocycles. The van der Waals surface area contributed by atoms with E-state index < -0.39 is 0 Å². The summed E-state index contributed by atoms with van der Waals surface area (Å²) in [6.45, 7) is 8.69. The van der Waals surface area contributed by atoms with E-state index in [0.29, 0.717) is 18.7 Å². The van der Waals surface area contributed by atoms with Crippen molar-refractivity contribution < 1.29 is 14.3 Å². The second-order valence-electron chi connectivity index (χ2n) is 7.19. The molecule has 132 valence electrons. The lowest BCUT2D eigenvalue weighted by Gasteiger charge is -2.35. The van der Waals surface area contributed by atoms with E-state index in [9.17, 15) is 4.79 Å². The molecule has 4 unspecified atom stereocenters. The molecule has 1 amide bonds. The Morgan fingerprint density at radius 2 is 1.96 bits per heavy atom. The van der Waals surface area contributed by atoms with E-state index in [1.807, 2.05) is 6.92 Å². The standard InChI is InChI=1S/C18H32N2O3/c1-3-19-10-4-8-16(19)17-9-5-11-20(17)18(21)14(2)23-13-15-7-6-12-22-15/h14-17H,3-13H2,1-2H3. The first-order valence-electron chi connectivity index (χ1n) is 9.48. The summed E-state index contributed by atoms with van der Waals surface area (Å²) in [5.41, 5.74) is 0. The second kappa shape index (κ2) is 7.95. The number of likely N-dealkylation sites (N-methyl/N-ethyl adjacent to an activating group) is 1. The Hall–Kier alpha value is -0.650. The average Bonchev–Trinajstić information content (AvgIpc) is 3.31. The van der Waals surface area contributed by atoms with Crippen LogP contribution in [0.15, 0.2) is 0 Å². The van der Waals surface area contributed by atoms with Crippen molar-refractivity contribution in [3.8, 4) is 0 Å². The SMILES string of the molecule is CCN1CCCC1C1CCCN1C(=O)C(C)OCC1CCCO1. The molecule has 3 aliphatic rings. The predicted molar refractivity (Wildman–Crippen MR) is 89.4 cm³/mol. The van der Waals surface area contributed by atoms with Crippen molar-refractivity contribution >= 4 is 5.91 Å². The van der Waals surface area contributed by atoms with Gasteiger partial charge in [0.05, 0.1) is 12.7 Å². The number of amides is 1. The Morgan fingerprint density at radius 3 is 2.70 bits per heavy atom. The van der Waals surface area contributed by atoms with Gasteiger partial charge in [-0.3, -0.25) is 9.69 Å². The van der Waals surface area contributed by atoms with Crippen molar-refractivity contribution in [1.82, 2.24) is 9.80 Å². The zero-order valence-corrected chi connectivity index (χ0v) is 14.7. The Balaban J connectivity index is 1.54. The van der Waals surface area contributed by atoms with Gasteiger partial charge in [-0.1, -0.05) is 6.92 Å². The molecule has 0 aromatic heterocycles. The quantitative estimate of drug-likeness (QED) is 0.750. The minimum atomic E-state index is -0.351. The van der Waals surface area contributed by atoms with Crippen molar-refractivity contribution in [3.63, 3.8) is 0 Å². The maximum atomic E-state index is 12.9. The third-order valence-corrected chi connectivity index (χ3v) is 5.75. The first kappa shape index (κ1) is 17.2. The summed E-state index contributed by atoms with van der Waals surface area (Å²) in [5, 5.41) is 0. The van der Waals surface area contributed by atoms with Crippen molar-refractivity contribution in [1.29, 1.82) is 0 Å². The fraction of sp³-hybridized carbons (Fsp3) is 0.944. The van der Waals surface area contributed by atoms with E-state index in [0.717, 1.165) is 45.4 Å². The van der Waals surface area contributed by atoms with Crippen LogP contribution in [0.25, 0.3) is 0 Å². The summed E-state index contributed by atoms with van der Waals surface area (Å²) in [7, 11) is 0. The molecule has 0 N–H and O–H groups in total. The van der Waals surface area contributed by atoms with Gasteiger partial charge in [0.25, 0.3) is 5.91 Å². The predicted octanol–water partition coefficient (Wildman–Crippen LogP) is 2.05. The molecule has 3 saturated heterocycles. The van der Waals surface area contributed by atoms with Crippen LogP contribution in [0.1, 0.15) is 52.4 Å². The van der Waals surface area contributed by atoms with Crippen LogP contribution in [0.4, 0.5) is 0 Å². The zero-order chi connectivity index (χ0) is 16.2. The van der Waals surface area contributed by atoms with Crippen LogP contribution >= 0.6 is 0 Å². The monoisotopic (exact) mass is 324 g/mol. The smallest absolute Gasteiger partial charge is 0.251 e. The highest BCUT2D eigenvalue weighted by molar-refractivity contribution is 5.81. The van der Waals surface area contributed by atoms with Crippen LogP contribution in [0.5, 0.6) is 0 Å². The molecule has 3 aliphatic heterocycles. The van der Waals surface area contributed by atoms with Crippen molar-refractivity contribution in [2.24, 2.45) is 0 Å². The third-order valence-electron chi connectivity index (χ3n) is 5.75. The van der Waals surface area contributed by atoms with Gasteiger partial charge in [0.2, 0.25) is 0 Å². The van der Waals surface area contributed by atoms with E-state index >= 15 is 0 Å². The van der Waals surface area contributed by atoms with Crippen molar-refractivity contribution in [2.45, 2.75) is 76.7 Å². The molecule has 5 nitrogen and oxygen atoms in total. The van der Waals surface area contributed by atoms with Crippen LogP contribution in [0.2, 0.25) is 0 Å². The molecule has 0 aliphatic carbocycles. The Labute approximate surface area is 140 Å². The number of likely N-dealkylation sites (tertiary alicyclic amines) is 2. The normalized spacial score (nSPS) is 33.5. The summed E-state index contributed by atoms with van der Waals surface area (Å²) >= 11 is 0. The van der Waals surface area contributed by atoms with Gasteiger partial charge in [-0.2, -0.15) is 0 Å². The number of carbonyl (C=O) groups is 1. The summed E-state index contributed by atoms with van der Waals surface area (Å²) in [6, 6.07) is 0.940. The Kier molecular flexibility index (Phi) is 5.94. The lowest BCUT2D eigenvalue weighted by molar-refractivity contribution is -0.146. The van der Waals surface area contributed by atoms with Gasteiger partial charge in [-0.05, 0) is 58.5 Å². The van der Waals surface area contributed by atoms with Crippen LogP contribution < -0.4 is 0 Å². The van der Waals surface area contributed by atoms with Gasteiger partial charge < -0.3 is 14.4 Å². The van der Waals surface area contributed by atoms with Crippen molar-refractivity contribution in [2.75, 3.05) is 32.8 Å². The van der Waals surface area contributed by atoms with Crippen molar-refractivity contribution in [3.05, 3.63) is 0 Å². The van der Waals surface area contributed by atoms with Crippen LogP contribution in [-0.2, 0) is 14.3 Å². The molecule has 0 bridgehead atoms. The summed E-state index contributed by atoms with van der Waals surface area (Å²) < 4.78 is 11.4. The molecule has 0 radical (unpaired) electrons. The molecule has 0 aromatic carbocycles. The minimum Gasteiger partial charge on any atom is -0.376 e. The molecular formula is C18H32N2O3. The number of nitrogens with zero attached hydrogens (tertiary/aromatic N) is 2. The number of rotatable bonds is 6. The fourth-order valence-electron chi connectivity index (χ4n) is 4.48. The van der Waals surface area contributed by atoms with Crippen LogP contribution in [0, 0.1) is 0 Å². The molecule has 0 saturated carbocycles. The Morgan fingerprint density at radius 1 is 1.17 bits per heavy atom. The highest BCUT2D eigenvalue weighted by Gasteiger charge is 2.40. The lowest BCUT2D eigenvalue weighted by atomic mass is 10.0. The molecular weight excluding hydrogens is 292 g/mol. The number of ether oxygens (including phenoxy) is 2. The highest BCUT2D eigenvalue weighted by Crippen LogP contribution is 2.30. The van der Waals surface area contributed by atoms with E-state index in [1.165, 1.54) is 19.4 Å². The zero-order valence-electron chi connectivity index (χ0n) is 14.7. The number of hydrogen-bond acceptors (Lipinski definition) is 4. The van der Waals surface area contributed by atoms with Gasteiger partial charge in [-0.25, -0.2) is 0 Å². The fourth-order valence-corrected chi connectivity index (χ4v) is 4.48. The van der Waals surface area contributed by atoms with Gasteiger partial charge in [0.15, 0.2) is 0 Å². The molecule has 0 spiro atoms. The number of carbonyl (C=O) groups excluding carboxylic acids is 1. The summed E-state index contributed by atoms with van der Waals surface area (Å²) in [4.78, 5) is 17.5. The van der Waals surface area contributed by atoms with Gasteiger partial charge in [-0.15, -0.1) is 0 Å². The molecule has 3 rings (SSSR count). The first-order valence-corrected chi connectivity index (χ1v) is 9.48. The molecule has 23 heavy (non-hydrogen) atoms. The van der Waals surface area contributed by atoms with E-state index in [4.69, 9.17) is 9.47 Å². The highest BCUT2D eigenvalue weighted by atomic mass is 16.5. The van der Waals surface area contributed by atoms with E-state index in [2.05, 4.69) is 16.7 Å². The molecule has 3 fully saturated rings. The van der Waals surface area contributed by atoms with Gasteiger partial charge >= 0.3 is 0 Å². The van der Waals surface area contributed by atoms with Gasteiger partial charge in [0, 0.05) is 25.2 Å². The molecule has 5 heteroatoms. The summed E-state index contributed by atoms with van der Waals surface area (Å²) in [5.74, 6) is 0.174. The van der Waals surface area contributed by atoms with Gasteiger partial charge in [0.1, 0.15) is 6.10 Å². The lowest BCUT2D eigenvalue weighted by Crippen LogP contribution is -2.51. The summed E-state index contributed by atoms with van der Waals surface area (Å²) in [6.07, 6.45) is 6.77. The number of hydrogen-bond donors (Lipinski definition) is 0. The van der Waals surface area contributed by atoms with E-state index in [-0.39, 0.29) is 18.1 Å². The van der Waals surface area contributed by atoms with Crippen LogP contribution in [0.3, 0.4) is 0 Å². The van der Waals surface area contributed by atoms with Crippen LogP contribution in [-0.4, -0.2) is 72.8 Å².